The fraction of sp³-hybridized carbons (Fsp3) is 0.500. The summed E-state index contributed by atoms with van der Waals surface area (Å²) >= 11 is 0. The average molecular weight is 539 g/mol. The van der Waals surface area contributed by atoms with Gasteiger partial charge in [0.15, 0.2) is 5.96 Å². The Labute approximate surface area is 200 Å². The van der Waals surface area contributed by atoms with Crippen molar-refractivity contribution in [1.82, 2.24) is 20.0 Å². The highest BCUT2D eigenvalue weighted by molar-refractivity contribution is 14.0. The lowest BCUT2D eigenvalue weighted by Crippen LogP contribution is -2.72. The molecule has 0 radical (unpaired) electrons. The number of hydrogen-bond acceptors (Lipinski definition) is 4. The van der Waals surface area contributed by atoms with E-state index in [4.69, 9.17) is 5.73 Å². The molecular formula is C22H31FIN7. The summed E-state index contributed by atoms with van der Waals surface area (Å²) in [5.41, 5.74) is 8.02. The highest BCUT2D eigenvalue weighted by Gasteiger charge is 2.53. The largest absolute Gasteiger partial charge is 0.382 e. The third-order valence-electron chi connectivity index (χ3n) is 6.40. The van der Waals surface area contributed by atoms with E-state index >= 15 is 0 Å². The molecule has 3 N–H and O–H groups in total. The van der Waals surface area contributed by atoms with Crippen molar-refractivity contribution in [3.63, 3.8) is 0 Å². The topological polar surface area (TPSA) is 95.3 Å². The monoisotopic (exact) mass is 539 g/mol. The van der Waals surface area contributed by atoms with E-state index in [1.807, 2.05) is 0 Å². The third-order valence-corrected chi connectivity index (χ3v) is 6.40. The van der Waals surface area contributed by atoms with Crippen LogP contribution in [0, 0.1) is 22.6 Å². The molecule has 3 rings (SSSR count). The minimum Gasteiger partial charge on any atom is -0.382 e. The Bertz CT molecular complexity index is 987. The number of rotatable bonds is 5. The molecule has 1 saturated heterocycles. The maximum absolute atomic E-state index is 13.2. The minimum atomic E-state index is -0.335. The summed E-state index contributed by atoms with van der Waals surface area (Å²) in [7, 11) is 1.79. The fourth-order valence-electron chi connectivity index (χ4n) is 3.71. The number of nitrogen functional groups attached to an aromatic ring is 1. The Morgan fingerprint density at radius 3 is 2.45 bits per heavy atom. The Balaban J connectivity index is 0.00000341. The van der Waals surface area contributed by atoms with Crippen LogP contribution in [0.15, 0.2) is 29.3 Å². The maximum Gasteiger partial charge on any atom is 0.194 e. The van der Waals surface area contributed by atoms with E-state index in [1.165, 1.54) is 16.8 Å². The molecule has 2 aromatic rings. The molecule has 1 aliphatic rings. The van der Waals surface area contributed by atoms with Crippen LogP contribution >= 0.6 is 24.0 Å². The van der Waals surface area contributed by atoms with E-state index in [2.05, 4.69) is 54.1 Å². The van der Waals surface area contributed by atoms with Gasteiger partial charge in [0.25, 0.3) is 0 Å². The lowest BCUT2D eigenvalue weighted by atomic mass is 9.65. The second kappa shape index (κ2) is 9.42. The maximum atomic E-state index is 13.2. The number of nitriles is 1. The summed E-state index contributed by atoms with van der Waals surface area (Å²) in [5, 5.41) is 17.4. The number of guanidine groups is 1. The zero-order valence-corrected chi connectivity index (χ0v) is 21.1. The Morgan fingerprint density at radius 2 is 1.94 bits per heavy atom. The standard InChI is InChI=1S/C22H30FN7.HI/c1-21(2)14-29(22(21,3)4)20(26-5)27-12-6-7-18-17(13-24)19(25)30(28-18)16-10-8-15(23)9-11-16;/h8-11H,6-7,12,14,25H2,1-5H3,(H,26,27);1H. The van der Waals surface area contributed by atoms with Crippen molar-refractivity contribution in [2.24, 2.45) is 10.4 Å². The number of halogens is 2. The van der Waals surface area contributed by atoms with Crippen LogP contribution < -0.4 is 11.1 Å². The number of aromatic nitrogens is 2. The normalized spacial score (nSPS) is 16.8. The summed E-state index contributed by atoms with van der Waals surface area (Å²) in [4.78, 5) is 6.71. The lowest BCUT2D eigenvalue weighted by molar-refractivity contribution is -0.0667. The predicted molar refractivity (Wildman–Crippen MR) is 132 cm³/mol. The highest BCUT2D eigenvalue weighted by atomic mass is 127. The molecule has 168 valence electrons. The van der Waals surface area contributed by atoms with Gasteiger partial charge in [-0.25, -0.2) is 9.07 Å². The quantitative estimate of drug-likeness (QED) is 0.262. The molecule has 0 bridgehead atoms. The molecule has 1 aromatic heterocycles. The Morgan fingerprint density at radius 1 is 1.29 bits per heavy atom. The van der Waals surface area contributed by atoms with Crippen molar-refractivity contribution < 1.29 is 4.39 Å². The minimum absolute atomic E-state index is 0. The van der Waals surface area contributed by atoms with Gasteiger partial charge in [0.2, 0.25) is 0 Å². The smallest absolute Gasteiger partial charge is 0.194 e. The molecule has 1 aliphatic heterocycles. The second-order valence-corrected chi connectivity index (χ2v) is 8.81. The molecular weight excluding hydrogens is 508 g/mol. The van der Waals surface area contributed by atoms with Gasteiger partial charge >= 0.3 is 0 Å². The van der Waals surface area contributed by atoms with Crippen LogP contribution in [0.2, 0.25) is 0 Å². The highest BCUT2D eigenvalue weighted by Crippen LogP contribution is 2.46. The molecule has 1 aromatic carbocycles. The van der Waals surface area contributed by atoms with E-state index in [-0.39, 0.29) is 46.6 Å². The van der Waals surface area contributed by atoms with Crippen molar-refractivity contribution >= 4 is 35.8 Å². The molecule has 7 nitrogen and oxygen atoms in total. The van der Waals surface area contributed by atoms with Gasteiger partial charge in [-0.3, -0.25) is 4.99 Å². The molecule has 2 heterocycles. The van der Waals surface area contributed by atoms with Crippen LogP contribution in [0.4, 0.5) is 10.2 Å². The van der Waals surface area contributed by atoms with Crippen molar-refractivity contribution in [2.45, 2.75) is 46.1 Å². The molecule has 1 fully saturated rings. The van der Waals surface area contributed by atoms with Gasteiger partial charge in [-0.05, 0) is 51.0 Å². The van der Waals surface area contributed by atoms with E-state index in [9.17, 15) is 9.65 Å². The fourth-order valence-corrected chi connectivity index (χ4v) is 3.71. The first-order valence-electron chi connectivity index (χ1n) is 10.1. The molecule has 31 heavy (non-hydrogen) atoms. The molecule has 0 aliphatic carbocycles. The van der Waals surface area contributed by atoms with E-state index in [0.29, 0.717) is 29.9 Å². The Kier molecular flexibility index (Phi) is 7.57. The molecule has 0 atom stereocenters. The van der Waals surface area contributed by atoms with E-state index < -0.39 is 0 Å². The molecule has 0 spiro atoms. The molecule has 0 saturated carbocycles. The van der Waals surface area contributed by atoms with E-state index in [1.54, 1.807) is 19.2 Å². The summed E-state index contributed by atoms with van der Waals surface area (Å²) in [6.07, 6.45) is 1.37. The number of aryl methyl sites for hydroxylation is 1. The summed E-state index contributed by atoms with van der Waals surface area (Å²) < 4.78 is 14.7. The molecule has 0 unspecified atom stereocenters. The number of nitrogens with one attached hydrogen (secondary N) is 1. The van der Waals surface area contributed by atoms with E-state index in [0.717, 1.165) is 18.9 Å². The number of nitrogens with two attached hydrogens (primary N) is 1. The van der Waals surface area contributed by atoms with Crippen LogP contribution in [0.1, 0.15) is 45.4 Å². The summed E-state index contributed by atoms with van der Waals surface area (Å²) in [6.45, 7) is 10.6. The van der Waals surface area contributed by atoms with Gasteiger partial charge in [0, 0.05) is 31.1 Å². The van der Waals surface area contributed by atoms with Gasteiger partial charge in [0.05, 0.1) is 11.4 Å². The average Bonchev–Trinajstić information content (AvgIpc) is 3.02. The zero-order valence-electron chi connectivity index (χ0n) is 18.7. The number of nitrogens with zero attached hydrogens (tertiary/aromatic N) is 5. The van der Waals surface area contributed by atoms with Gasteiger partial charge < -0.3 is 16.0 Å². The SMILES string of the molecule is CN=C(NCCCc1nn(-c2ccc(F)cc2)c(N)c1C#N)N1CC(C)(C)C1(C)C.I. The van der Waals surface area contributed by atoms with Crippen LogP contribution in [0.5, 0.6) is 0 Å². The number of hydrogen-bond donors (Lipinski definition) is 2. The van der Waals surface area contributed by atoms with Crippen molar-refractivity contribution in [3.8, 4) is 11.8 Å². The molecule has 0 amide bonds. The first-order chi connectivity index (χ1) is 14.1. The van der Waals surface area contributed by atoms with Crippen LogP contribution in [-0.4, -0.2) is 46.3 Å². The number of benzene rings is 1. The summed E-state index contributed by atoms with van der Waals surface area (Å²) in [5.74, 6) is 0.821. The van der Waals surface area contributed by atoms with Gasteiger partial charge in [-0.15, -0.1) is 24.0 Å². The Hall–Kier alpha value is -2.35. The second-order valence-electron chi connectivity index (χ2n) is 8.81. The number of aliphatic imine (C=N–C) groups is 1. The summed E-state index contributed by atoms with van der Waals surface area (Å²) in [6, 6.07) is 8.01. The predicted octanol–water partition coefficient (Wildman–Crippen LogP) is 3.71. The number of anilines is 1. The third kappa shape index (κ3) is 4.63. The first kappa shape index (κ1) is 24.9. The first-order valence-corrected chi connectivity index (χ1v) is 10.1. The van der Waals surface area contributed by atoms with Crippen LogP contribution in [-0.2, 0) is 6.42 Å². The lowest BCUT2D eigenvalue weighted by Gasteiger charge is -2.62. The van der Waals surface area contributed by atoms with Crippen LogP contribution in [0.25, 0.3) is 5.69 Å². The van der Waals surface area contributed by atoms with Gasteiger partial charge in [0.1, 0.15) is 23.3 Å². The number of likely N-dealkylation sites (tertiary alicyclic amines) is 1. The zero-order chi connectivity index (χ0) is 22.1. The van der Waals surface area contributed by atoms with Gasteiger partial charge in [-0.1, -0.05) is 13.8 Å². The van der Waals surface area contributed by atoms with Crippen molar-refractivity contribution in [3.05, 3.63) is 41.3 Å². The van der Waals surface area contributed by atoms with Crippen molar-refractivity contribution in [1.29, 1.82) is 5.26 Å². The van der Waals surface area contributed by atoms with Crippen LogP contribution in [0.3, 0.4) is 0 Å². The van der Waals surface area contributed by atoms with Gasteiger partial charge in [-0.2, -0.15) is 10.4 Å². The molecule has 9 heteroatoms. The van der Waals surface area contributed by atoms with Crippen molar-refractivity contribution in [2.75, 3.05) is 25.9 Å².